The molecule has 0 aliphatic heterocycles. The molecule has 0 fully saturated rings. The van der Waals surface area contributed by atoms with Gasteiger partial charge >= 0.3 is 12.0 Å². The molecule has 19 heavy (non-hydrogen) atoms. The van der Waals surface area contributed by atoms with Gasteiger partial charge in [-0.3, -0.25) is 0 Å². The molecule has 0 radical (unpaired) electrons. The van der Waals surface area contributed by atoms with Crippen molar-refractivity contribution in [3.8, 4) is 0 Å². The average Bonchev–Trinajstić information content (AvgIpc) is 2.74. The van der Waals surface area contributed by atoms with Gasteiger partial charge in [-0.25, -0.2) is 14.6 Å². The molecule has 0 atom stereocenters. The van der Waals surface area contributed by atoms with E-state index in [0.29, 0.717) is 6.54 Å². The van der Waals surface area contributed by atoms with Crippen LogP contribution in [0.15, 0.2) is 12.4 Å². The first-order valence-electron chi connectivity index (χ1n) is 5.75. The molecular formula is C11H18N4O4. The van der Waals surface area contributed by atoms with Gasteiger partial charge in [0.2, 0.25) is 0 Å². The topological polar surface area (TPSA) is 96.7 Å². The van der Waals surface area contributed by atoms with Crippen molar-refractivity contribution < 1.29 is 19.4 Å². The van der Waals surface area contributed by atoms with Crippen molar-refractivity contribution >= 4 is 12.0 Å². The number of carboxylic acids is 1. The van der Waals surface area contributed by atoms with Crippen molar-refractivity contribution in [2.24, 2.45) is 7.05 Å². The molecule has 8 heteroatoms. The Bertz CT molecular complexity index is 432. The Balaban J connectivity index is 2.22. The minimum absolute atomic E-state index is 0.161. The van der Waals surface area contributed by atoms with Crippen molar-refractivity contribution in [3.63, 3.8) is 0 Å². The monoisotopic (exact) mass is 270 g/mol. The Kier molecular flexibility index (Phi) is 5.80. The quantitative estimate of drug-likeness (QED) is 0.661. The predicted molar refractivity (Wildman–Crippen MR) is 66.5 cm³/mol. The van der Waals surface area contributed by atoms with Crippen LogP contribution in [0, 0.1) is 0 Å². The lowest BCUT2D eigenvalue weighted by atomic mass is 10.5. The molecule has 0 saturated heterocycles. The summed E-state index contributed by atoms with van der Waals surface area (Å²) in [5, 5.41) is 11.0. The second kappa shape index (κ2) is 7.37. The van der Waals surface area contributed by atoms with Crippen molar-refractivity contribution in [1.82, 2.24) is 19.8 Å². The first-order valence-corrected chi connectivity index (χ1v) is 5.75. The first-order chi connectivity index (χ1) is 9.00. The number of urea groups is 1. The zero-order valence-electron chi connectivity index (χ0n) is 11.0. The maximum Gasteiger partial charge on any atom is 0.329 e. The first kappa shape index (κ1) is 15.0. The fourth-order valence-electron chi connectivity index (χ4n) is 1.36. The van der Waals surface area contributed by atoms with Crippen LogP contribution in [0.5, 0.6) is 0 Å². The molecule has 0 saturated carbocycles. The number of carbonyl (C=O) groups is 2. The SMILES string of the molecule is CN(Cc1nccn1C)C(=O)NCCOCC(=O)O. The molecule has 1 heterocycles. The lowest BCUT2D eigenvalue weighted by molar-refractivity contribution is -0.142. The number of carboxylic acid groups (broad SMARTS) is 1. The van der Waals surface area contributed by atoms with E-state index >= 15 is 0 Å². The molecule has 2 N–H and O–H groups in total. The van der Waals surface area contributed by atoms with Gasteiger partial charge in [0, 0.05) is 33.0 Å². The molecule has 0 aliphatic carbocycles. The van der Waals surface area contributed by atoms with Crippen molar-refractivity contribution in [2.75, 3.05) is 26.8 Å². The molecule has 0 bridgehead atoms. The molecule has 1 aromatic rings. The summed E-state index contributed by atoms with van der Waals surface area (Å²) < 4.78 is 6.63. The van der Waals surface area contributed by atoms with Crippen LogP contribution in [0.25, 0.3) is 0 Å². The van der Waals surface area contributed by atoms with Gasteiger partial charge in [-0.2, -0.15) is 0 Å². The van der Waals surface area contributed by atoms with Crippen LogP contribution >= 0.6 is 0 Å². The van der Waals surface area contributed by atoms with Crippen LogP contribution in [0.4, 0.5) is 4.79 Å². The van der Waals surface area contributed by atoms with Crippen LogP contribution in [0.1, 0.15) is 5.82 Å². The zero-order chi connectivity index (χ0) is 14.3. The van der Waals surface area contributed by atoms with E-state index < -0.39 is 5.97 Å². The van der Waals surface area contributed by atoms with E-state index in [1.165, 1.54) is 4.90 Å². The number of amides is 2. The Morgan fingerprint density at radius 1 is 1.58 bits per heavy atom. The summed E-state index contributed by atoms with van der Waals surface area (Å²) >= 11 is 0. The summed E-state index contributed by atoms with van der Waals surface area (Å²) in [5.74, 6) is -0.252. The lowest BCUT2D eigenvalue weighted by Gasteiger charge is -2.17. The van der Waals surface area contributed by atoms with E-state index in [2.05, 4.69) is 10.3 Å². The van der Waals surface area contributed by atoms with E-state index in [1.807, 2.05) is 11.6 Å². The minimum Gasteiger partial charge on any atom is -0.480 e. The van der Waals surface area contributed by atoms with E-state index in [1.54, 1.807) is 19.4 Å². The third-order valence-corrected chi connectivity index (χ3v) is 2.39. The summed E-state index contributed by atoms with van der Waals surface area (Å²) in [6.45, 7) is 0.454. The number of nitrogens with one attached hydrogen (secondary N) is 1. The highest BCUT2D eigenvalue weighted by atomic mass is 16.5. The summed E-state index contributed by atoms with van der Waals surface area (Å²) in [4.78, 5) is 27.5. The summed E-state index contributed by atoms with van der Waals surface area (Å²) in [6.07, 6.45) is 3.47. The summed E-state index contributed by atoms with van der Waals surface area (Å²) in [5.41, 5.74) is 0. The molecule has 1 rings (SSSR count). The number of aromatic nitrogens is 2. The second-order valence-corrected chi connectivity index (χ2v) is 3.99. The van der Waals surface area contributed by atoms with Gasteiger partial charge < -0.3 is 24.6 Å². The van der Waals surface area contributed by atoms with Gasteiger partial charge in [0.25, 0.3) is 0 Å². The largest absolute Gasteiger partial charge is 0.480 e. The Morgan fingerprint density at radius 3 is 2.89 bits per heavy atom. The van der Waals surface area contributed by atoms with Crippen molar-refractivity contribution in [2.45, 2.75) is 6.54 Å². The Labute approximate surface area is 111 Å². The molecule has 0 aromatic carbocycles. The minimum atomic E-state index is -1.03. The zero-order valence-corrected chi connectivity index (χ0v) is 11.0. The van der Waals surface area contributed by atoms with Gasteiger partial charge in [0.1, 0.15) is 12.4 Å². The smallest absolute Gasteiger partial charge is 0.329 e. The number of hydrogen-bond acceptors (Lipinski definition) is 4. The van der Waals surface area contributed by atoms with E-state index in [0.717, 1.165) is 5.82 Å². The number of ether oxygens (including phenoxy) is 1. The van der Waals surface area contributed by atoms with Gasteiger partial charge in [-0.05, 0) is 0 Å². The Hall–Kier alpha value is -2.09. The number of rotatable bonds is 7. The van der Waals surface area contributed by atoms with Gasteiger partial charge in [-0.15, -0.1) is 0 Å². The average molecular weight is 270 g/mol. The molecule has 2 amide bonds. The molecule has 0 aliphatic rings. The van der Waals surface area contributed by atoms with E-state index in [9.17, 15) is 9.59 Å². The van der Waals surface area contributed by atoms with Crippen LogP contribution in [0.3, 0.4) is 0 Å². The number of aryl methyl sites for hydroxylation is 1. The van der Waals surface area contributed by atoms with Crippen LogP contribution < -0.4 is 5.32 Å². The summed E-state index contributed by atoms with van der Waals surface area (Å²) in [6, 6.07) is -0.262. The fraction of sp³-hybridized carbons (Fsp3) is 0.545. The normalized spacial score (nSPS) is 10.2. The highest BCUT2D eigenvalue weighted by Gasteiger charge is 2.10. The predicted octanol–water partition coefficient (Wildman–Crippen LogP) is -0.337. The molecule has 106 valence electrons. The third-order valence-electron chi connectivity index (χ3n) is 2.39. The van der Waals surface area contributed by atoms with Gasteiger partial charge in [0.15, 0.2) is 0 Å². The van der Waals surface area contributed by atoms with Gasteiger partial charge in [0.05, 0.1) is 13.2 Å². The summed E-state index contributed by atoms with van der Waals surface area (Å²) in [7, 11) is 3.51. The molecule has 8 nitrogen and oxygen atoms in total. The maximum atomic E-state index is 11.7. The molecule has 0 unspecified atom stereocenters. The third kappa shape index (κ3) is 5.38. The van der Waals surface area contributed by atoms with Crippen LogP contribution in [-0.2, 0) is 23.1 Å². The van der Waals surface area contributed by atoms with E-state index in [4.69, 9.17) is 9.84 Å². The number of hydrogen-bond donors (Lipinski definition) is 2. The number of imidazole rings is 1. The molecule has 0 spiro atoms. The second-order valence-electron chi connectivity index (χ2n) is 3.99. The highest BCUT2D eigenvalue weighted by molar-refractivity contribution is 5.73. The molecule has 1 aromatic heterocycles. The standard InChI is InChI=1S/C11H18N4O4/c1-14-5-3-12-9(14)7-15(2)11(18)13-4-6-19-8-10(16)17/h3,5H,4,6-8H2,1-2H3,(H,13,18)(H,16,17). The van der Waals surface area contributed by atoms with E-state index in [-0.39, 0.29) is 25.8 Å². The Morgan fingerprint density at radius 2 is 2.32 bits per heavy atom. The van der Waals surface area contributed by atoms with Crippen LogP contribution in [0.2, 0.25) is 0 Å². The molecular weight excluding hydrogens is 252 g/mol. The maximum absolute atomic E-state index is 11.7. The van der Waals surface area contributed by atoms with Crippen molar-refractivity contribution in [1.29, 1.82) is 0 Å². The fourth-order valence-corrected chi connectivity index (χ4v) is 1.36. The number of aliphatic carboxylic acids is 1. The van der Waals surface area contributed by atoms with Gasteiger partial charge in [-0.1, -0.05) is 0 Å². The lowest BCUT2D eigenvalue weighted by Crippen LogP contribution is -2.39. The highest BCUT2D eigenvalue weighted by Crippen LogP contribution is 1.99. The number of nitrogens with zero attached hydrogens (tertiary/aromatic N) is 3. The van der Waals surface area contributed by atoms with Crippen molar-refractivity contribution in [3.05, 3.63) is 18.2 Å². The van der Waals surface area contributed by atoms with Crippen LogP contribution in [-0.4, -0.2) is 58.4 Å². The number of carbonyl (C=O) groups excluding carboxylic acids is 1.